The van der Waals surface area contributed by atoms with Gasteiger partial charge in [-0.3, -0.25) is 0 Å². The molecule has 3 nitrogen and oxygen atoms in total. The first-order valence-electron chi connectivity index (χ1n) is 7.16. The van der Waals surface area contributed by atoms with Crippen LogP contribution in [-0.4, -0.2) is 12.1 Å². The van der Waals surface area contributed by atoms with Gasteiger partial charge >= 0.3 is 0 Å². The van der Waals surface area contributed by atoms with Gasteiger partial charge in [-0.25, -0.2) is 4.98 Å². The van der Waals surface area contributed by atoms with Gasteiger partial charge in [-0.05, 0) is 37.0 Å². The Morgan fingerprint density at radius 2 is 1.95 bits per heavy atom. The maximum atomic E-state index is 5.46. The van der Waals surface area contributed by atoms with E-state index in [4.69, 9.17) is 4.74 Å². The van der Waals surface area contributed by atoms with Crippen molar-refractivity contribution in [3.05, 3.63) is 39.3 Å². The molecule has 0 aliphatic heterocycles. The number of hydrogen-bond donors (Lipinski definition) is 1. The van der Waals surface area contributed by atoms with E-state index in [0.29, 0.717) is 0 Å². The van der Waals surface area contributed by atoms with Gasteiger partial charge in [-0.1, -0.05) is 26.8 Å². The van der Waals surface area contributed by atoms with Gasteiger partial charge in [0.15, 0.2) is 0 Å². The van der Waals surface area contributed by atoms with Crippen molar-refractivity contribution in [2.75, 3.05) is 12.4 Å². The molecular formula is C17H24N2OS. The molecule has 0 aliphatic rings. The van der Waals surface area contributed by atoms with Gasteiger partial charge in [0, 0.05) is 4.88 Å². The predicted octanol–water partition coefficient (Wildman–Crippen LogP) is 4.68. The molecule has 1 aromatic carbocycles. The largest absolute Gasteiger partial charge is 0.495 e. The van der Waals surface area contributed by atoms with Gasteiger partial charge in [-0.2, -0.15) is 0 Å². The number of aromatic nitrogens is 1. The van der Waals surface area contributed by atoms with Gasteiger partial charge in [0.2, 0.25) is 0 Å². The van der Waals surface area contributed by atoms with E-state index in [0.717, 1.165) is 28.7 Å². The Hall–Kier alpha value is -1.55. The highest BCUT2D eigenvalue weighted by Gasteiger charge is 2.16. The number of rotatable bonds is 4. The summed E-state index contributed by atoms with van der Waals surface area (Å²) < 4.78 is 5.46. The van der Waals surface area contributed by atoms with Crippen LogP contribution in [-0.2, 0) is 12.0 Å². The summed E-state index contributed by atoms with van der Waals surface area (Å²) in [5, 5.41) is 4.60. The Labute approximate surface area is 131 Å². The van der Waals surface area contributed by atoms with Gasteiger partial charge in [-0.15, -0.1) is 11.3 Å². The number of nitrogens with zero attached hydrogens (tertiary/aromatic N) is 1. The molecule has 0 atom stereocenters. The lowest BCUT2D eigenvalue weighted by Crippen LogP contribution is -2.12. The molecular weight excluding hydrogens is 280 g/mol. The molecule has 1 N–H and O–H groups in total. The SMILES string of the molecule is COc1ccc(C(C)(C)C)cc1NCc1sc(C)nc1C. The second-order valence-electron chi connectivity index (χ2n) is 6.26. The van der Waals surface area contributed by atoms with E-state index in [1.807, 2.05) is 13.0 Å². The minimum absolute atomic E-state index is 0.125. The third-order valence-electron chi connectivity index (χ3n) is 3.50. The molecule has 0 bridgehead atoms. The molecule has 2 rings (SSSR count). The monoisotopic (exact) mass is 304 g/mol. The van der Waals surface area contributed by atoms with Gasteiger partial charge in [0.25, 0.3) is 0 Å². The molecule has 0 unspecified atom stereocenters. The minimum Gasteiger partial charge on any atom is -0.495 e. The summed E-state index contributed by atoms with van der Waals surface area (Å²) in [7, 11) is 1.71. The number of aryl methyl sites for hydroxylation is 2. The van der Waals surface area contributed by atoms with Crippen LogP contribution < -0.4 is 10.1 Å². The van der Waals surface area contributed by atoms with Crippen LogP contribution in [0, 0.1) is 13.8 Å². The molecule has 2 aromatic rings. The van der Waals surface area contributed by atoms with E-state index < -0.39 is 0 Å². The molecule has 0 radical (unpaired) electrons. The topological polar surface area (TPSA) is 34.1 Å². The van der Waals surface area contributed by atoms with Gasteiger partial charge in [0.1, 0.15) is 5.75 Å². The highest BCUT2D eigenvalue weighted by molar-refractivity contribution is 7.11. The molecule has 0 saturated carbocycles. The Morgan fingerprint density at radius 3 is 2.48 bits per heavy atom. The predicted molar refractivity (Wildman–Crippen MR) is 90.6 cm³/mol. The summed E-state index contributed by atoms with van der Waals surface area (Å²) in [6.07, 6.45) is 0. The van der Waals surface area contributed by atoms with Crippen molar-refractivity contribution in [2.45, 2.75) is 46.6 Å². The van der Waals surface area contributed by atoms with E-state index >= 15 is 0 Å². The first-order valence-corrected chi connectivity index (χ1v) is 7.98. The zero-order valence-electron chi connectivity index (χ0n) is 13.7. The fourth-order valence-corrected chi connectivity index (χ4v) is 3.10. The summed E-state index contributed by atoms with van der Waals surface area (Å²) in [5.74, 6) is 0.877. The third-order valence-corrected chi connectivity index (χ3v) is 4.58. The second kappa shape index (κ2) is 6.06. The summed E-state index contributed by atoms with van der Waals surface area (Å²) >= 11 is 1.74. The third kappa shape index (κ3) is 3.76. The van der Waals surface area contributed by atoms with Crippen LogP contribution in [0.5, 0.6) is 5.75 Å². The van der Waals surface area contributed by atoms with Crippen LogP contribution in [0.1, 0.15) is 41.9 Å². The standard InChI is InChI=1S/C17H24N2OS/c1-11-16(21-12(2)19-11)10-18-14-9-13(17(3,4)5)7-8-15(14)20-6/h7-9,18H,10H2,1-6H3. The van der Waals surface area contributed by atoms with Crippen molar-refractivity contribution < 1.29 is 4.74 Å². The minimum atomic E-state index is 0.125. The van der Waals surface area contributed by atoms with Crippen molar-refractivity contribution in [1.29, 1.82) is 0 Å². The molecule has 114 valence electrons. The quantitative estimate of drug-likeness (QED) is 0.890. The number of methoxy groups -OCH3 is 1. The Bertz CT molecular complexity index is 626. The average molecular weight is 304 g/mol. The van der Waals surface area contributed by atoms with E-state index in [2.05, 4.69) is 50.1 Å². The second-order valence-corrected chi connectivity index (χ2v) is 7.55. The fraction of sp³-hybridized carbons (Fsp3) is 0.471. The van der Waals surface area contributed by atoms with Crippen molar-refractivity contribution in [3.63, 3.8) is 0 Å². The number of nitrogens with one attached hydrogen (secondary N) is 1. The van der Waals surface area contributed by atoms with Crippen molar-refractivity contribution in [1.82, 2.24) is 4.98 Å². The smallest absolute Gasteiger partial charge is 0.141 e. The normalized spacial score (nSPS) is 11.5. The van der Waals surface area contributed by atoms with E-state index in [-0.39, 0.29) is 5.41 Å². The molecule has 21 heavy (non-hydrogen) atoms. The van der Waals surface area contributed by atoms with Crippen LogP contribution in [0.3, 0.4) is 0 Å². The van der Waals surface area contributed by atoms with Gasteiger partial charge in [0.05, 0.1) is 30.0 Å². The number of hydrogen-bond acceptors (Lipinski definition) is 4. The highest BCUT2D eigenvalue weighted by Crippen LogP contribution is 2.32. The molecule has 4 heteroatoms. The summed E-state index contributed by atoms with van der Waals surface area (Å²) in [6, 6.07) is 6.35. The van der Waals surface area contributed by atoms with Gasteiger partial charge < -0.3 is 10.1 Å². The molecule has 0 amide bonds. The lowest BCUT2D eigenvalue weighted by molar-refractivity contribution is 0.416. The molecule has 1 aromatic heterocycles. The van der Waals surface area contributed by atoms with Crippen molar-refractivity contribution in [3.8, 4) is 5.75 Å². The lowest BCUT2D eigenvalue weighted by atomic mass is 9.87. The zero-order chi connectivity index (χ0) is 15.6. The van der Waals surface area contributed by atoms with Crippen LogP contribution in [0.15, 0.2) is 18.2 Å². The van der Waals surface area contributed by atoms with Crippen LogP contribution in [0.25, 0.3) is 0 Å². The van der Waals surface area contributed by atoms with E-state index in [9.17, 15) is 0 Å². The van der Waals surface area contributed by atoms with Crippen LogP contribution in [0.4, 0.5) is 5.69 Å². The van der Waals surface area contributed by atoms with Crippen molar-refractivity contribution >= 4 is 17.0 Å². The zero-order valence-corrected chi connectivity index (χ0v) is 14.5. The number of anilines is 1. The van der Waals surface area contributed by atoms with Crippen LogP contribution >= 0.6 is 11.3 Å². The summed E-state index contributed by atoms with van der Waals surface area (Å²) in [5.41, 5.74) is 3.56. The number of ether oxygens (including phenoxy) is 1. The maximum absolute atomic E-state index is 5.46. The first kappa shape index (κ1) is 15.8. The molecule has 0 saturated heterocycles. The molecule has 0 spiro atoms. The Morgan fingerprint density at radius 1 is 1.24 bits per heavy atom. The summed E-state index contributed by atoms with van der Waals surface area (Å²) in [4.78, 5) is 5.74. The average Bonchev–Trinajstić information content (AvgIpc) is 2.73. The van der Waals surface area contributed by atoms with E-state index in [1.165, 1.54) is 10.4 Å². The fourth-order valence-electron chi connectivity index (χ4n) is 2.23. The summed E-state index contributed by atoms with van der Waals surface area (Å²) in [6.45, 7) is 11.5. The number of benzene rings is 1. The molecule has 1 heterocycles. The Kier molecular flexibility index (Phi) is 4.57. The maximum Gasteiger partial charge on any atom is 0.141 e. The van der Waals surface area contributed by atoms with E-state index in [1.54, 1.807) is 18.4 Å². The van der Waals surface area contributed by atoms with Crippen molar-refractivity contribution in [2.24, 2.45) is 0 Å². The number of thiazole rings is 1. The molecule has 0 aliphatic carbocycles. The first-order chi connectivity index (χ1) is 9.81. The van der Waals surface area contributed by atoms with Crippen LogP contribution in [0.2, 0.25) is 0 Å². The molecule has 0 fully saturated rings. The lowest BCUT2D eigenvalue weighted by Gasteiger charge is -2.21. The highest BCUT2D eigenvalue weighted by atomic mass is 32.1. The Balaban J connectivity index is 2.23.